The molecule has 0 radical (unpaired) electrons. The second-order valence-electron chi connectivity index (χ2n) is 4.61. The smallest absolute Gasteiger partial charge is 0.265 e. The number of amides is 1. The van der Waals surface area contributed by atoms with Gasteiger partial charge in [0, 0.05) is 12.1 Å². The zero-order chi connectivity index (χ0) is 14.5. The van der Waals surface area contributed by atoms with Crippen LogP contribution < -0.4 is 14.4 Å². The molecule has 1 aromatic rings. The Bertz CT molecular complexity index is 513. The standard InChI is InChI=1S/C15H19NO4/c1-3-5-6-16-12-7-11(9-17)8-13(19-4-2)15(12)20-10-14(16)18/h7-9H,3-6,10H2,1-2H3. The van der Waals surface area contributed by atoms with E-state index in [-0.39, 0.29) is 12.5 Å². The molecule has 0 unspecified atom stereocenters. The van der Waals surface area contributed by atoms with Crippen molar-refractivity contribution in [3.8, 4) is 11.5 Å². The Labute approximate surface area is 118 Å². The number of unbranched alkanes of at least 4 members (excludes halogenated alkanes) is 1. The summed E-state index contributed by atoms with van der Waals surface area (Å²) in [5.41, 5.74) is 1.11. The van der Waals surface area contributed by atoms with E-state index in [1.807, 2.05) is 6.92 Å². The van der Waals surface area contributed by atoms with Gasteiger partial charge in [-0.2, -0.15) is 0 Å². The summed E-state index contributed by atoms with van der Waals surface area (Å²) in [6.07, 6.45) is 2.64. The molecule has 0 aliphatic carbocycles. The SMILES string of the molecule is CCCCN1C(=O)COc2c(OCC)cc(C=O)cc21. The summed E-state index contributed by atoms with van der Waals surface area (Å²) in [6.45, 7) is 5.04. The van der Waals surface area contributed by atoms with Crippen LogP contribution in [0, 0.1) is 0 Å². The van der Waals surface area contributed by atoms with Gasteiger partial charge in [-0.1, -0.05) is 13.3 Å². The van der Waals surface area contributed by atoms with Crippen molar-refractivity contribution in [1.29, 1.82) is 0 Å². The highest BCUT2D eigenvalue weighted by atomic mass is 16.5. The van der Waals surface area contributed by atoms with Crippen molar-refractivity contribution in [2.75, 3.05) is 24.7 Å². The number of fused-ring (bicyclic) bond motifs is 1. The number of aldehydes is 1. The van der Waals surface area contributed by atoms with Crippen LogP contribution in [0.15, 0.2) is 12.1 Å². The molecule has 5 heteroatoms. The van der Waals surface area contributed by atoms with Gasteiger partial charge < -0.3 is 14.4 Å². The number of carbonyl (C=O) groups is 2. The highest BCUT2D eigenvalue weighted by Gasteiger charge is 2.28. The lowest BCUT2D eigenvalue weighted by atomic mass is 10.1. The predicted octanol–water partition coefficient (Wildman–Crippen LogP) is 2.42. The van der Waals surface area contributed by atoms with Crippen LogP contribution in [-0.4, -0.2) is 32.0 Å². The molecule has 0 N–H and O–H groups in total. The van der Waals surface area contributed by atoms with E-state index in [2.05, 4.69) is 6.92 Å². The van der Waals surface area contributed by atoms with Crippen molar-refractivity contribution >= 4 is 17.9 Å². The van der Waals surface area contributed by atoms with Crippen molar-refractivity contribution in [1.82, 2.24) is 0 Å². The van der Waals surface area contributed by atoms with Crippen molar-refractivity contribution in [2.24, 2.45) is 0 Å². The van der Waals surface area contributed by atoms with E-state index in [1.165, 1.54) is 0 Å². The molecule has 0 saturated carbocycles. The molecule has 0 saturated heterocycles. The highest BCUT2D eigenvalue weighted by Crippen LogP contribution is 2.41. The van der Waals surface area contributed by atoms with Gasteiger partial charge in [-0.3, -0.25) is 9.59 Å². The number of rotatable bonds is 6. The minimum absolute atomic E-state index is 0.0111. The molecule has 108 valence electrons. The van der Waals surface area contributed by atoms with Crippen LogP contribution in [0.2, 0.25) is 0 Å². The quantitative estimate of drug-likeness (QED) is 0.749. The largest absolute Gasteiger partial charge is 0.490 e. The molecular formula is C15H19NO4. The van der Waals surface area contributed by atoms with Gasteiger partial charge in [-0.05, 0) is 25.5 Å². The van der Waals surface area contributed by atoms with E-state index in [1.54, 1.807) is 17.0 Å². The molecule has 5 nitrogen and oxygen atoms in total. The van der Waals surface area contributed by atoms with E-state index >= 15 is 0 Å². The third kappa shape index (κ3) is 2.76. The van der Waals surface area contributed by atoms with E-state index < -0.39 is 0 Å². The van der Waals surface area contributed by atoms with Crippen LogP contribution in [0.5, 0.6) is 11.5 Å². The lowest BCUT2D eigenvalue weighted by Gasteiger charge is -2.30. The van der Waals surface area contributed by atoms with E-state index in [0.29, 0.717) is 35.9 Å². The number of carbonyl (C=O) groups excluding carboxylic acids is 2. The Morgan fingerprint density at radius 1 is 1.40 bits per heavy atom. The van der Waals surface area contributed by atoms with Crippen LogP contribution in [-0.2, 0) is 4.79 Å². The molecule has 0 atom stereocenters. The van der Waals surface area contributed by atoms with Crippen molar-refractivity contribution in [3.05, 3.63) is 17.7 Å². The molecule has 1 aliphatic rings. The molecule has 0 bridgehead atoms. The van der Waals surface area contributed by atoms with Crippen LogP contribution in [0.25, 0.3) is 0 Å². The summed E-state index contributed by atoms with van der Waals surface area (Å²) in [5.74, 6) is 0.977. The summed E-state index contributed by atoms with van der Waals surface area (Å²) in [7, 11) is 0. The zero-order valence-electron chi connectivity index (χ0n) is 11.8. The monoisotopic (exact) mass is 277 g/mol. The van der Waals surface area contributed by atoms with Crippen molar-refractivity contribution in [2.45, 2.75) is 26.7 Å². The Morgan fingerprint density at radius 3 is 2.85 bits per heavy atom. The van der Waals surface area contributed by atoms with Gasteiger partial charge in [0.15, 0.2) is 18.1 Å². The van der Waals surface area contributed by atoms with Gasteiger partial charge in [0.25, 0.3) is 5.91 Å². The number of hydrogen-bond acceptors (Lipinski definition) is 4. The highest BCUT2D eigenvalue weighted by molar-refractivity contribution is 5.99. The number of anilines is 1. The summed E-state index contributed by atoms with van der Waals surface area (Å²) in [4.78, 5) is 24.7. The van der Waals surface area contributed by atoms with Gasteiger partial charge in [0.1, 0.15) is 6.29 Å². The molecule has 0 spiro atoms. The van der Waals surface area contributed by atoms with Gasteiger partial charge in [-0.15, -0.1) is 0 Å². The van der Waals surface area contributed by atoms with Gasteiger partial charge in [-0.25, -0.2) is 0 Å². The van der Waals surface area contributed by atoms with E-state index in [9.17, 15) is 9.59 Å². The molecule has 2 rings (SSSR count). The fraction of sp³-hybridized carbons (Fsp3) is 0.467. The van der Waals surface area contributed by atoms with Gasteiger partial charge in [0.2, 0.25) is 0 Å². The van der Waals surface area contributed by atoms with E-state index in [0.717, 1.165) is 19.1 Å². The summed E-state index contributed by atoms with van der Waals surface area (Å²) >= 11 is 0. The molecule has 1 heterocycles. The summed E-state index contributed by atoms with van der Waals surface area (Å²) in [6, 6.07) is 3.32. The molecule has 20 heavy (non-hydrogen) atoms. The maximum absolute atomic E-state index is 12.0. The van der Waals surface area contributed by atoms with Gasteiger partial charge in [0.05, 0.1) is 12.3 Å². The van der Waals surface area contributed by atoms with E-state index in [4.69, 9.17) is 9.47 Å². The number of nitrogens with zero attached hydrogens (tertiary/aromatic N) is 1. The molecule has 0 fully saturated rings. The molecular weight excluding hydrogens is 258 g/mol. The first kappa shape index (κ1) is 14.4. The molecule has 1 amide bonds. The van der Waals surface area contributed by atoms with Crippen LogP contribution in [0.4, 0.5) is 5.69 Å². The third-order valence-corrected chi connectivity index (χ3v) is 3.16. The average Bonchev–Trinajstić information content (AvgIpc) is 2.46. The lowest BCUT2D eigenvalue weighted by molar-refractivity contribution is -0.121. The minimum Gasteiger partial charge on any atom is -0.490 e. The Balaban J connectivity index is 2.45. The Kier molecular flexibility index (Phi) is 4.61. The Morgan fingerprint density at radius 2 is 2.20 bits per heavy atom. The van der Waals surface area contributed by atoms with Crippen LogP contribution in [0.3, 0.4) is 0 Å². The first-order chi connectivity index (χ1) is 9.71. The normalized spacial score (nSPS) is 13.7. The van der Waals surface area contributed by atoms with Crippen molar-refractivity contribution < 1.29 is 19.1 Å². The topological polar surface area (TPSA) is 55.8 Å². The summed E-state index contributed by atoms with van der Waals surface area (Å²) < 4.78 is 11.0. The fourth-order valence-electron chi connectivity index (χ4n) is 2.19. The maximum atomic E-state index is 12.0. The van der Waals surface area contributed by atoms with Gasteiger partial charge >= 0.3 is 0 Å². The summed E-state index contributed by atoms with van der Waals surface area (Å²) in [5, 5.41) is 0. The number of hydrogen-bond donors (Lipinski definition) is 0. The number of ether oxygens (including phenoxy) is 2. The first-order valence-electron chi connectivity index (χ1n) is 6.90. The van der Waals surface area contributed by atoms with Crippen molar-refractivity contribution in [3.63, 3.8) is 0 Å². The number of benzene rings is 1. The average molecular weight is 277 g/mol. The Hall–Kier alpha value is -2.04. The second kappa shape index (κ2) is 6.41. The molecule has 1 aromatic carbocycles. The fourth-order valence-corrected chi connectivity index (χ4v) is 2.19. The van der Waals surface area contributed by atoms with Crippen LogP contribution >= 0.6 is 0 Å². The minimum atomic E-state index is -0.0866. The lowest BCUT2D eigenvalue weighted by Crippen LogP contribution is -2.39. The van der Waals surface area contributed by atoms with Crippen LogP contribution in [0.1, 0.15) is 37.0 Å². The molecule has 1 aliphatic heterocycles. The second-order valence-corrected chi connectivity index (χ2v) is 4.61. The first-order valence-corrected chi connectivity index (χ1v) is 6.90. The third-order valence-electron chi connectivity index (χ3n) is 3.16. The maximum Gasteiger partial charge on any atom is 0.265 e. The molecule has 0 aromatic heterocycles. The predicted molar refractivity (Wildman–Crippen MR) is 75.8 cm³/mol. The zero-order valence-corrected chi connectivity index (χ0v) is 11.8.